The molecule has 0 aromatic carbocycles. The minimum Gasteiger partial charge on any atom is -0.468 e. The van der Waals surface area contributed by atoms with Gasteiger partial charge in [-0.25, -0.2) is 13.4 Å². The van der Waals surface area contributed by atoms with Gasteiger partial charge in [0.25, 0.3) is 5.56 Å². The van der Waals surface area contributed by atoms with E-state index in [0.717, 1.165) is 26.4 Å². The SMILES string of the molecule is CC(Oc1cc(-c2cn(C)c(=O)c3cc(CN4CCN(S(C)(=O)=O)CC4)sc23)ccn1)c1ccccn1. The van der Waals surface area contributed by atoms with Gasteiger partial charge in [-0.2, -0.15) is 4.31 Å². The molecule has 1 fully saturated rings. The third-order valence-electron chi connectivity index (χ3n) is 6.53. The smallest absolute Gasteiger partial charge is 0.259 e. The molecule has 1 aliphatic heterocycles. The molecule has 5 rings (SSSR count). The Morgan fingerprint density at radius 2 is 1.86 bits per heavy atom. The van der Waals surface area contributed by atoms with Gasteiger partial charge in [-0.15, -0.1) is 11.3 Å². The monoisotopic (exact) mass is 539 g/mol. The van der Waals surface area contributed by atoms with E-state index in [0.29, 0.717) is 44.0 Å². The molecular weight excluding hydrogens is 510 g/mol. The Balaban J connectivity index is 1.41. The van der Waals surface area contributed by atoms with Gasteiger partial charge in [-0.3, -0.25) is 14.7 Å². The van der Waals surface area contributed by atoms with Gasteiger partial charge in [0.15, 0.2) is 0 Å². The molecule has 0 spiro atoms. The summed E-state index contributed by atoms with van der Waals surface area (Å²) in [6, 6.07) is 11.5. The van der Waals surface area contributed by atoms with Crippen LogP contribution in [0.5, 0.6) is 5.88 Å². The fraction of sp³-hybridized carbons (Fsp3) is 0.346. The van der Waals surface area contributed by atoms with Crippen LogP contribution < -0.4 is 10.3 Å². The Bertz CT molecular complexity index is 1580. The summed E-state index contributed by atoms with van der Waals surface area (Å²) in [6.07, 6.45) is 6.29. The molecule has 0 N–H and O–H groups in total. The van der Waals surface area contributed by atoms with E-state index in [1.54, 1.807) is 35.3 Å². The minimum absolute atomic E-state index is 0.0440. The van der Waals surface area contributed by atoms with Crippen LogP contribution in [0.3, 0.4) is 0 Å². The van der Waals surface area contributed by atoms with E-state index in [9.17, 15) is 13.2 Å². The molecule has 4 aromatic rings. The highest BCUT2D eigenvalue weighted by atomic mass is 32.2. The van der Waals surface area contributed by atoms with Crippen LogP contribution in [-0.2, 0) is 23.6 Å². The molecule has 4 aromatic heterocycles. The first-order valence-corrected chi connectivity index (χ1v) is 14.7. The average molecular weight is 540 g/mol. The number of rotatable bonds is 7. The predicted octanol–water partition coefficient (Wildman–Crippen LogP) is 3.27. The van der Waals surface area contributed by atoms with Gasteiger partial charge in [0.1, 0.15) is 6.10 Å². The molecule has 37 heavy (non-hydrogen) atoms. The summed E-state index contributed by atoms with van der Waals surface area (Å²) in [4.78, 5) is 25.0. The zero-order valence-corrected chi connectivity index (χ0v) is 22.6. The Kier molecular flexibility index (Phi) is 7.13. The fourth-order valence-corrected chi connectivity index (χ4v) is 6.57. The molecule has 11 heteroatoms. The van der Waals surface area contributed by atoms with Gasteiger partial charge in [0, 0.05) is 79.6 Å². The average Bonchev–Trinajstić information content (AvgIpc) is 3.30. The summed E-state index contributed by atoms with van der Waals surface area (Å²) in [5, 5.41) is 0.677. The number of aryl methyl sites for hydroxylation is 1. The van der Waals surface area contributed by atoms with Gasteiger partial charge in [-0.05, 0) is 36.8 Å². The second-order valence-corrected chi connectivity index (χ2v) is 12.4. The number of thiophene rings is 1. The lowest BCUT2D eigenvalue weighted by Gasteiger charge is -2.32. The molecule has 0 amide bonds. The van der Waals surface area contributed by atoms with Crippen LogP contribution >= 0.6 is 11.3 Å². The van der Waals surface area contributed by atoms with Crippen molar-refractivity contribution in [1.82, 2.24) is 23.7 Å². The number of hydrogen-bond acceptors (Lipinski definition) is 8. The van der Waals surface area contributed by atoms with Gasteiger partial charge >= 0.3 is 0 Å². The molecule has 5 heterocycles. The van der Waals surface area contributed by atoms with Gasteiger partial charge in [0.2, 0.25) is 15.9 Å². The summed E-state index contributed by atoms with van der Waals surface area (Å²) < 4.78 is 33.8. The molecular formula is C26H29N5O4S2. The van der Waals surface area contributed by atoms with Crippen molar-refractivity contribution in [2.24, 2.45) is 7.05 Å². The van der Waals surface area contributed by atoms with E-state index in [-0.39, 0.29) is 11.7 Å². The van der Waals surface area contributed by atoms with Crippen LogP contribution in [0.1, 0.15) is 23.6 Å². The fourth-order valence-electron chi connectivity index (χ4n) is 4.52. The molecule has 1 saturated heterocycles. The van der Waals surface area contributed by atoms with Crippen LogP contribution in [0.2, 0.25) is 0 Å². The quantitative estimate of drug-likeness (QED) is 0.356. The third-order valence-corrected chi connectivity index (χ3v) is 8.98. The number of aromatic nitrogens is 3. The molecule has 1 aliphatic rings. The summed E-state index contributed by atoms with van der Waals surface area (Å²) in [5.74, 6) is 0.484. The third kappa shape index (κ3) is 5.59. The van der Waals surface area contributed by atoms with Gasteiger partial charge in [0.05, 0.1) is 17.3 Å². The van der Waals surface area contributed by atoms with E-state index in [1.165, 1.54) is 10.6 Å². The Morgan fingerprint density at radius 3 is 2.57 bits per heavy atom. The van der Waals surface area contributed by atoms with Crippen LogP contribution in [0.25, 0.3) is 21.2 Å². The second kappa shape index (κ2) is 10.3. The highest BCUT2D eigenvalue weighted by Crippen LogP contribution is 2.35. The first kappa shape index (κ1) is 25.5. The molecule has 1 atom stereocenters. The van der Waals surface area contributed by atoms with Crippen LogP contribution in [-0.4, -0.2) is 64.6 Å². The number of ether oxygens (including phenoxy) is 1. The predicted molar refractivity (Wildman–Crippen MR) is 145 cm³/mol. The lowest BCUT2D eigenvalue weighted by Crippen LogP contribution is -2.47. The maximum Gasteiger partial charge on any atom is 0.259 e. The zero-order valence-electron chi connectivity index (χ0n) is 21.0. The van der Waals surface area contributed by atoms with Crippen molar-refractivity contribution in [2.45, 2.75) is 19.6 Å². The second-order valence-electron chi connectivity index (χ2n) is 9.25. The summed E-state index contributed by atoms with van der Waals surface area (Å²) >= 11 is 1.60. The molecule has 0 saturated carbocycles. The summed E-state index contributed by atoms with van der Waals surface area (Å²) in [5.41, 5.74) is 2.62. The number of fused-ring (bicyclic) bond motifs is 1. The maximum atomic E-state index is 13.0. The number of hydrogen-bond donors (Lipinski definition) is 0. The number of nitrogens with zero attached hydrogens (tertiary/aromatic N) is 5. The standard InChI is InChI=1S/C26H29N5O4S2/c1-18(23-6-4-5-8-27-23)35-24-14-19(7-9-28-24)22-17-29(2)26(32)21-15-20(36-25(21)22)16-30-10-12-31(13-11-30)37(3,33)34/h4-9,14-15,17-18H,10-13,16H2,1-3H3. The van der Waals surface area contributed by atoms with Crippen molar-refractivity contribution in [1.29, 1.82) is 0 Å². The van der Waals surface area contributed by atoms with E-state index in [1.807, 2.05) is 49.5 Å². The van der Waals surface area contributed by atoms with E-state index >= 15 is 0 Å². The molecule has 194 valence electrons. The first-order chi connectivity index (χ1) is 17.7. The van der Waals surface area contributed by atoms with Crippen LogP contribution in [0.15, 0.2) is 59.8 Å². The first-order valence-electron chi connectivity index (χ1n) is 12.0. The Morgan fingerprint density at radius 1 is 1.08 bits per heavy atom. The van der Waals surface area contributed by atoms with Crippen molar-refractivity contribution in [3.63, 3.8) is 0 Å². The normalized spacial score (nSPS) is 16.2. The van der Waals surface area contributed by atoms with Crippen molar-refractivity contribution < 1.29 is 13.2 Å². The van der Waals surface area contributed by atoms with E-state index < -0.39 is 10.0 Å². The van der Waals surface area contributed by atoms with Crippen molar-refractivity contribution in [3.05, 3.63) is 75.9 Å². The van der Waals surface area contributed by atoms with Crippen LogP contribution in [0.4, 0.5) is 0 Å². The highest BCUT2D eigenvalue weighted by Gasteiger charge is 2.24. The summed E-state index contributed by atoms with van der Waals surface area (Å²) in [7, 11) is -1.41. The molecule has 0 aliphatic carbocycles. The number of piperazine rings is 1. The minimum atomic E-state index is -3.17. The number of pyridine rings is 3. The van der Waals surface area contributed by atoms with E-state index in [2.05, 4.69) is 14.9 Å². The lowest BCUT2D eigenvalue weighted by molar-refractivity contribution is 0.183. The molecule has 0 bridgehead atoms. The molecule has 0 radical (unpaired) electrons. The zero-order chi connectivity index (χ0) is 26.2. The van der Waals surface area contributed by atoms with Crippen LogP contribution in [0, 0.1) is 0 Å². The van der Waals surface area contributed by atoms with Gasteiger partial charge in [-0.1, -0.05) is 6.07 Å². The van der Waals surface area contributed by atoms with Crippen molar-refractivity contribution >= 4 is 31.4 Å². The highest BCUT2D eigenvalue weighted by molar-refractivity contribution is 7.88. The lowest BCUT2D eigenvalue weighted by atomic mass is 10.1. The molecule has 1 unspecified atom stereocenters. The molecule has 9 nitrogen and oxygen atoms in total. The Hall–Kier alpha value is -3.12. The van der Waals surface area contributed by atoms with E-state index in [4.69, 9.17) is 4.74 Å². The summed E-state index contributed by atoms with van der Waals surface area (Å²) in [6.45, 7) is 4.88. The Labute approximate surface area is 220 Å². The topological polar surface area (TPSA) is 97.6 Å². The van der Waals surface area contributed by atoms with Gasteiger partial charge < -0.3 is 9.30 Å². The van der Waals surface area contributed by atoms with Crippen molar-refractivity contribution in [2.75, 3.05) is 32.4 Å². The maximum absolute atomic E-state index is 13.0. The van der Waals surface area contributed by atoms with Crippen molar-refractivity contribution in [3.8, 4) is 17.0 Å². The largest absolute Gasteiger partial charge is 0.468 e. The number of sulfonamides is 1.